The number of rotatable bonds is 3. The fraction of sp³-hybridized carbons (Fsp3) is 0.688. The van der Waals surface area contributed by atoms with Gasteiger partial charge in [0.25, 0.3) is 5.91 Å². The number of carbonyl (C=O) groups excluding carboxylic acids is 1. The van der Waals surface area contributed by atoms with E-state index in [0.29, 0.717) is 17.2 Å². The van der Waals surface area contributed by atoms with Gasteiger partial charge in [-0.1, -0.05) is 19.8 Å². The predicted molar refractivity (Wildman–Crippen MR) is 77.8 cm³/mol. The Labute approximate surface area is 120 Å². The van der Waals surface area contributed by atoms with Gasteiger partial charge in [-0.3, -0.25) is 4.79 Å². The first kappa shape index (κ1) is 15.1. The number of hydrogen-bond acceptors (Lipinski definition) is 3. The van der Waals surface area contributed by atoms with Gasteiger partial charge in [0.15, 0.2) is 0 Å². The highest BCUT2D eigenvalue weighted by molar-refractivity contribution is 5.97. The van der Waals surface area contributed by atoms with E-state index in [-0.39, 0.29) is 12.5 Å². The number of carbonyl (C=O) groups is 1. The average molecular weight is 279 g/mol. The number of amides is 1. The zero-order chi connectivity index (χ0) is 14.9. The first-order valence-electron chi connectivity index (χ1n) is 7.38. The van der Waals surface area contributed by atoms with Crippen molar-refractivity contribution in [3.8, 4) is 0 Å². The van der Waals surface area contributed by atoms with Crippen LogP contribution in [0.2, 0.25) is 0 Å². The zero-order valence-electron chi connectivity index (χ0n) is 12.9. The Morgan fingerprint density at radius 3 is 2.60 bits per heavy atom. The Kier molecular flexibility index (Phi) is 4.23. The van der Waals surface area contributed by atoms with E-state index in [1.165, 1.54) is 6.42 Å². The minimum absolute atomic E-state index is 0.00198. The van der Waals surface area contributed by atoms with Crippen LogP contribution in [0.5, 0.6) is 0 Å². The fourth-order valence-electron chi connectivity index (χ4n) is 3.39. The van der Waals surface area contributed by atoms with Gasteiger partial charge in [-0.05, 0) is 39.5 Å². The highest BCUT2D eigenvalue weighted by Crippen LogP contribution is 2.32. The molecule has 2 unspecified atom stereocenters. The van der Waals surface area contributed by atoms with Gasteiger partial charge < -0.3 is 14.8 Å². The smallest absolute Gasteiger partial charge is 0.255 e. The lowest BCUT2D eigenvalue weighted by molar-refractivity contribution is 0.0695. The van der Waals surface area contributed by atoms with Gasteiger partial charge in [0.1, 0.15) is 11.5 Å². The maximum Gasteiger partial charge on any atom is 0.255 e. The third-order valence-corrected chi connectivity index (χ3v) is 4.56. The van der Waals surface area contributed by atoms with E-state index in [0.717, 1.165) is 30.6 Å². The molecule has 0 radical (unpaired) electrons. The first-order chi connectivity index (χ1) is 9.38. The molecular formula is C16H25NO3. The maximum atomic E-state index is 12.6. The van der Waals surface area contributed by atoms with Gasteiger partial charge in [-0.2, -0.15) is 0 Å². The van der Waals surface area contributed by atoms with Crippen LogP contribution in [0.3, 0.4) is 0 Å². The molecule has 0 aromatic carbocycles. The summed E-state index contributed by atoms with van der Waals surface area (Å²) in [7, 11) is 0. The van der Waals surface area contributed by atoms with Crippen molar-refractivity contribution in [2.24, 2.45) is 5.92 Å². The number of aliphatic hydroxyl groups excluding tert-OH is 1. The normalized spacial score (nSPS) is 26.6. The van der Waals surface area contributed by atoms with E-state index >= 15 is 0 Å². The third kappa shape index (κ3) is 2.75. The number of aryl methyl sites for hydroxylation is 2. The number of nitrogens with one attached hydrogen (secondary N) is 1. The number of aliphatic hydroxyl groups is 1. The van der Waals surface area contributed by atoms with E-state index in [4.69, 9.17) is 4.42 Å². The van der Waals surface area contributed by atoms with Crippen LogP contribution in [0.15, 0.2) is 4.42 Å². The molecule has 1 fully saturated rings. The molecule has 0 spiro atoms. The zero-order valence-corrected chi connectivity index (χ0v) is 12.9. The molecule has 0 bridgehead atoms. The molecule has 112 valence electrons. The van der Waals surface area contributed by atoms with Crippen molar-refractivity contribution >= 4 is 5.91 Å². The Morgan fingerprint density at radius 1 is 1.40 bits per heavy atom. The van der Waals surface area contributed by atoms with Crippen LogP contribution in [0.25, 0.3) is 0 Å². The molecule has 1 aliphatic carbocycles. The molecule has 0 aliphatic heterocycles. The predicted octanol–water partition coefficient (Wildman–Crippen LogP) is 2.88. The molecule has 4 nitrogen and oxygen atoms in total. The summed E-state index contributed by atoms with van der Waals surface area (Å²) >= 11 is 0. The monoisotopic (exact) mass is 279 g/mol. The van der Waals surface area contributed by atoms with Crippen molar-refractivity contribution in [3.63, 3.8) is 0 Å². The summed E-state index contributed by atoms with van der Waals surface area (Å²) < 4.78 is 5.52. The largest absolute Gasteiger partial charge is 0.466 e. The fourth-order valence-corrected chi connectivity index (χ4v) is 3.39. The molecule has 2 rings (SSSR count). The van der Waals surface area contributed by atoms with Gasteiger partial charge in [-0.15, -0.1) is 0 Å². The Hall–Kier alpha value is -1.29. The summed E-state index contributed by atoms with van der Waals surface area (Å²) in [5, 5.41) is 12.8. The van der Waals surface area contributed by atoms with Crippen LogP contribution < -0.4 is 5.32 Å². The molecule has 1 amide bonds. The van der Waals surface area contributed by atoms with Gasteiger partial charge in [0.05, 0.1) is 17.7 Å². The molecule has 20 heavy (non-hydrogen) atoms. The second-order valence-electron chi connectivity index (χ2n) is 6.31. The molecule has 1 saturated carbocycles. The van der Waals surface area contributed by atoms with Gasteiger partial charge >= 0.3 is 0 Å². The summed E-state index contributed by atoms with van der Waals surface area (Å²) in [6.07, 6.45) is 3.89. The molecule has 1 heterocycles. The van der Waals surface area contributed by atoms with E-state index in [1.807, 2.05) is 20.8 Å². The van der Waals surface area contributed by atoms with Crippen LogP contribution in [-0.2, 0) is 0 Å². The summed E-state index contributed by atoms with van der Waals surface area (Å²) in [5.74, 6) is 1.83. The van der Waals surface area contributed by atoms with E-state index in [9.17, 15) is 9.90 Å². The SMILES string of the molecule is Cc1oc(C)c(C(=O)NC2(CO)CCCC(C)C2)c1C. The lowest BCUT2D eigenvalue weighted by atomic mass is 9.76. The summed E-state index contributed by atoms with van der Waals surface area (Å²) in [4.78, 5) is 12.6. The number of hydrogen-bond donors (Lipinski definition) is 2. The third-order valence-electron chi connectivity index (χ3n) is 4.56. The molecular weight excluding hydrogens is 254 g/mol. The van der Waals surface area contributed by atoms with Crippen LogP contribution in [0.4, 0.5) is 0 Å². The highest BCUT2D eigenvalue weighted by Gasteiger charge is 2.36. The van der Waals surface area contributed by atoms with Crippen LogP contribution >= 0.6 is 0 Å². The van der Waals surface area contributed by atoms with Crippen molar-refractivity contribution in [3.05, 3.63) is 22.6 Å². The standard InChI is InChI=1S/C16H25NO3/c1-10-6-5-7-16(8-10,9-18)17-15(19)14-11(2)12(3)20-13(14)4/h10,18H,5-9H2,1-4H3,(H,17,19). The van der Waals surface area contributed by atoms with Crippen LogP contribution in [0, 0.1) is 26.7 Å². The van der Waals surface area contributed by atoms with E-state index < -0.39 is 5.54 Å². The Balaban J connectivity index is 2.21. The quantitative estimate of drug-likeness (QED) is 0.894. The Bertz CT molecular complexity index is 506. The molecule has 2 atom stereocenters. The molecule has 2 N–H and O–H groups in total. The highest BCUT2D eigenvalue weighted by atomic mass is 16.3. The first-order valence-corrected chi connectivity index (χ1v) is 7.38. The molecule has 1 aromatic rings. The minimum Gasteiger partial charge on any atom is -0.466 e. The second kappa shape index (κ2) is 5.60. The molecule has 4 heteroatoms. The van der Waals surface area contributed by atoms with Gasteiger partial charge in [0.2, 0.25) is 0 Å². The summed E-state index contributed by atoms with van der Waals surface area (Å²) in [6, 6.07) is 0. The van der Waals surface area contributed by atoms with Crippen molar-refractivity contribution in [1.29, 1.82) is 0 Å². The maximum absolute atomic E-state index is 12.6. The molecule has 1 aromatic heterocycles. The van der Waals surface area contributed by atoms with Crippen LogP contribution in [0.1, 0.15) is 60.0 Å². The second-order valence-corrected chi connectivity index (χ2v) is 6.31. The van der Waals surface area contributed by atoms with Crippen molar-refractivity contribution < 1.29 is 14.3 Å². The average Bonchev–Trinajstić information content (AvgIpc) is 2.63. The Morgan fingerprint density at radius 2 is 2.10 bits per heavy atom. The van der Waals surface area contributed by atoms with Crippen LogP contribution in [-0.4, -0.2) is 23.2 Å². The summed E-state index contributed by atoms with van der Waals surface area (Å²) in [5.41, 5.74) is 1.03. The topological polar surface area (TPSA) is 62.5 Å². The van der Waals surface area contributed by atoms with Crippen molar-refractivity contribution in [1.82, 2.24) is 5.32 Å². The van der Waals surface area contributed by atoms with Gasteiger partial charge in [-0.25, -0.2) is 0 Å². The van der Waals surface area contributed by atoms with E-state index in [1.54, 1.807) is 0 Å². The molecule has 1 aliphatic rings. The molecule has 0 saturated heterocycles. The van der Waals surface area contributed by atoms with Gasteiger partial charge in [0, 0.05) is 5.56 Å². The lowest BCUT2D eigenvalue weighted by Crippen LogP contribution is -2.54. The lowest BCUT2D eigenvalue weighted by Gasteiger charge is -2.39. The van der Waals surface area contributed by atoms with Crippen molar-refractivity contribution in [2.75, 3.05) is 6.61 Å². The summed E-state index contributed by atoms with van der Waals surface area (Å²) in [6.45, 7) is 7.75. The van der Waals surface area contributed by atoms with Crippen molar-refractivity contribution in [2.45, 2.75) is 58.9 Å². The minimum atomic E-state index is -0.473. The van der Waals surface area contributed by atoms with E-state index in [2.05, 4.69) is 12.2 Å². The number of furan rings is 1.